The van der Waals surface area contributed by atoms with Crippen LogP contribution in [0.15, 0.2) is 16.6 Å². The van der Waals surface area contributed by atoms with Gasteiger partial charge in [-0.3, -0.25) is 4.99 Å². The Morgan fingerprint density at radius 2 is 2.10 bits per heavy atom. The number of aliphatic imine (C=N–C) groups is 1. The molecule has 0 aromatic carbocycles. The number of nitrogens with one attached hydrogen (secondary N) is 1. The molecule has 6 heteroatoms. The SMILES string of the molecule is C=C(N=C(CC)CCNC(=O)OC(C)(C)C)SCCN. The molecule has 0 aliphatic carbocycles. The van der Waals surface area contributed by atoms with E-state index in [0.717, 1.165) is 22.9 Å². The lowest BCUT2D eigenvalue weighted by molar-refractivity contribution is 0.0529. The first-order valence-corrected chi connectivity index (χ1v) is 7.82. The zero-order chi connectivity index (χ0) is 15.6. The molecule has 0 unspecified atom stereocenters. The molecule has 0 atom stereocenters. The second-order valence-electron chi connectivity index (χ2n) is 5.24. The highest BCUT2D eigenvalue weighted by molar-refractivity contribution is 8.03. The number of thioether (sulfide) groups is 1. The molecule has 116 valence electrons. The van der Waals surface area contributed by atoms with E-state index in [9.17, 15) is 4.79 Å². The summed E-state index contributed by atoms with van der Waals surface area (Å²) in [6.07, 6.45) is 1.13. The van der Waals surface area contributed by atoms with E-state index in [1.54, 1.807) is 11.8 Å². The molecule has 0 rings (SSSR count). The average Bonchev–Trinajstić information content (AvgIpc) is 2.32. The highest BCUT2D eigenvalue weighted by Crippen LogP contribution is 2.15. The van der Waals surface area contributed by atoms with Crippen LogP contribution >= 0.6 is 11.8 Å². The minimum Gasteiger partial charge on any atom is -0.444 e. The molecule has 0 aliphatic rings. The van der Waals surface area contributed by atoms with Crippen molar-refractivity contribution >= 4 is 23.6 Å². The first-order chi connectivity index (χ1) is 9.28. The highest BCUT2D eigenvalue weighted by Gasteiger charge is 2.15. The third kappa shape index (κ3) is 10.9. The summed E-state index contributed by atoms with van der Waals surface area (Å²) in [6.45, 7) is 12.5. The minimum absolute atomic E-state index is 0.399. The zero-order valence-corrected chi connectivity index (χ0v) is 13.8. The van der Waals surface area contributed by atoms with E-state index in [0.29, 0.717) is 19.5 Å². The average molecular weight is 301 g/mol. The molecule has 0 saturated heterocycles. The second kappa shape index (κ2) is 9.83. The van der Waals surface area contributed by atoms with Crippen molar-refractivity contribution < 1.29 is 9.53 Å². The molecule has 0 radical (unpaired) electrons. The predicted octanol–water partition coefficient (Wildman–Crippen LogP) is 2.92. The van der Waals surface area contributed by atoms with Crippen molar-refractivity contribution in [2.45, 2.75) is 46.1 Å². The van der Waals surface area contributed by atoms with Crippen LogP contribution in [0.3, 0.4) is 0 Å². The van der Waals surface area contributed by atoms with Crippen molar-refractivity contribution in [1.29, 1.82) is 0 Å². The maximum atomic E-state index is 11.5. The van der Waals surface area contributed by atoms with Gasteiger partial charge in [0.05, 0.1) is 5.03 Å². The van der Waals surface area contributed by atoms with Gasteiger partial charge in [-0.15, -0.1) is 11.8 Å². The molecule has 1 amide bonds. The summed E-state index contributed by atoms with van der Waals surface area (Å²) in [6, 6.07) is 0. The lowest BCUT2D eigenvalue weighted by Gasteiger charge is -2.19. The van der Waals surface area contributed by atoms with Crippen molar-refractivity contribution in [3.8, 4) is 0 Å². The molecule has 0 heterocycles. The van der Waals surface area contributed by atoms with Gasteiger partial charge in [-0.2, -0.15) is 0 Å². The number of hydrogen-bond donors (Lipinski definition) is 2. The number of carbonyl (C=O) groups excluding carboxylic acids is 1. The van der Waals surface area contributed by atoms with E-state index < -0.39 is 11.7 Å². The summed E-state index contributed by atoms with van der Waals surface area (Å²) >= 11 is 1.55. The van der Waals surface area contributed by atoms with Crippen LogP contribution < -0.4 is 11.1 Å². The molecule has 0 aromatic heterocycles. The monoisotopic (exact) mass is 301 g/mol. The van der Waals surface area contributed by atoms with E-state index in [2.05, 4.69) is 16.9 Å². The van der Waals surface area contributed by atoms with Gasteiger partial charge in [-0.05, 0) is 27.2 Å². The molecular formula is C14H27N3O2S. The number of nitrogens with two attached hydrogens (primary N) is 1. The number of amides is 1. The Bertz CT molecular complexity index is 349. The fraction of sp³-hybridized carbons (Fsp3) is 0.714. The third-order valence-corrected chi connectivity index (χ3v) is 3.02. The van der Waals surface area contributed by atoms with E-state index in [-0.39, 0.29) is 0 Å². The van der Waals surface area contributed by atoms with Crippen molar-refractivity contribution in [3.05, 3.63) is 11.6 Å². The van der Waals surface area contributed by atoms with Gasteiger partial charge in [-0.25, -0.2) is 4.79 Å². The standard InChI is InChI=1S/C14H27N3O2S/c1-6-12(17-11(2)20-10-8-15)7-9-16-13(18)19-14(3,4)5/h2,6-10,15H2,1,3-5H3,(H,16,18). The summed E-state index contributed by atoms with van der Waals surface area (Å²) in [7, 11) is 0. The van der Waals surface area contributed by atoms with Crippen LogP contribution in [0.5, 0.6) is 0 Å². The van der Waals surface area contributed by atoms with E-state index in [4.69, 9.17) is 10.5 Å². The van der Waals surface area contributed by atoms with Crippen LogP contribution in [-0.2, 0) is 4.74 Å². The summed E-state index contributed by atoms with van der Waals surface area (Å²) in [5.74, 6) is 0.815. The van der Waals surface area contributed by atoms with Crippen LogP contribution in [0.4, 0.5) is 4.79 Å². The summed E-state index contributed by atoms with van der Waals surface area (Å²) in [4.78, 5) is 15.9. The maximum Gasteiger partial charge on any atom is 0.407 e. The number of hydrogen-bond acceptors (Lipinski definition) is 5. The fourth-order valence-corrected chi connectivity index (χ4v) is 1.87. The third-order valence-electron chi connectivity index (χ3n) is 2.16. The van der Waals surface area contributed by atoms with Gasteiger partial charge >= 0.3 is 6.09 Å². The number of alkyl carbamates (subject to hydrolysis) is 1. The molecule has 0 spiro atoms. The molecule has 0 fully saturated rings. The summed E-state index contributed by atoms with van der Waals surface area (Å²) in [5.41, 5.74) is 5.97. The normalized spacial score (nSPS) is 12.2. The number of ether oxygens (including phenoxy) is 1. The van der Waals surface area contributed by atoms with Crippen LogP contribution in [0, 0.1) is 0 Å². The molecule has 20 heavy (non-hydrogen) atoms. The zero-order valence-electron chi connectivity index (χ0n) is 13.0. The molecule has 0 aromatic rings. The molecule has 3 N–H and O–H groups in total. The van der Waals surface area contributed by atoms with Crippen LogP contribution in [0.2, 0.25) is 0 Å². The predicted molar refractivity (Wildman–Crippen MR) is 87.2 cm³/mol. The Kier molecular flexibility index (Phi) is 9.33. The lowest BCUT2D eigenvalue weighted by Crippen LogP contribution is -2.33. The highest BCUT2D eigenvalue weighted by atomic mass is 32.2. The quantitative estimate of drug-likeness (QED) is 0.676. The second-order valence-corrected chi connectivity index (χ2v) is 6.41. The van der Waals surface area contributed by atoms with Crippen molar-refractivity contribution in [3.63, 3.8) is 0 Å². The van der Waals surface area contributed by atoms with Crippen LogP contribution in [-0.4, -0.2) is 36.2 Å². The van der Waals surface area contributed by atoms with Gasteiger partial charge in [0.1, 0.15) is 5.60 Å². The molecule has 0 aliphatic heterocycles. The summed E-state index contributed by atoms with van der Waals surface area (Å²) < 4.78 is 5.16. The molecule has 0 saturated carbocycles. The maximum absolute atomic E-state index is 11.5. The van der Waals surface area contributed by atoms with Gasteiger partial charge in [0.15, 0.2) is 0 Å². The molecule has 5 nitrogen and oxygen atoms in total. The van der Waals surface area contributed by atoms with Gasteiger partial charge in [0.25, 0.3) is 0 Å². The van der Waals surface area contributed by atoms with Gasteiger partial charge in [0, 0.05) is 31.0 Å². The van der Waals surface area contributed by atoms with E-state index >= 15 is 0 Å². The Morgan fingerprint density at radius 1 is 1.45 bits per heavy atom. The largest absolute Gasteiger partial charge is 0.444 e. The van der Waals surface area contributed by atoms with Crippen molar-refractivity contribution in [1.82, 2.24) is 5.32 Å². The number of carbonyl (C=O) groups is 1. The number of rotatable bonds is 8. The lowest BCUT2D eigenvalue weighted by atomic mass is 10.2. The molecule has 0 bridgehead atoms. The van der Waals surface area contributed by atoms with E-state index in [1.165, 1.54) is 0 Å². The van der Waals surface area contributed by atoms with E-state index in [1.807, 2.05) is 27.7 Å². The Labute approximate surface area is 126 Å². The number of nitrogens with zero attached hydrogens (tertiary/aromatic N) is 1. The van der Waals surface area contributed by atoms with Crippen molar-refractivity contribution in [2.75, 3.05) is 18.8 Å². The summed E-state index contributed by atoms with van der Waals surface area (Å²) in [5, 5.41) is 3.49. The smallest absolute Gasteiger partial charge is 0.407 e. The first-order valence-electron chi connectivity index (χ1n) is 6.83. The fourth-order valence-electron chi connectivity index (χ4n) is 1.32. The minimum atomic E-state index is -0.473. The van der Waals surface area contributed by atoms with Gasteiger partial charge < -0.3 is 15.8 Å². The van der Waals surface area contributed by atoms with Gasteiger partial charge in [-0.1, -0.05) is 13.5 Å². The first kappa shape index (κ1) is 19.0. The van der Waals surface area contributed by atoms with Crippen LogP contribution in [0.25, 0.3) is 0 Å². The Balaban J connectivity index is 4.10. The Hall–Kier alpha value is -1.01. The topological polar surface area (TPSA) is 76.7 Å². The Morgan fingerprint density at radius 3 is 2.60 bits per heavy atom. The molecular weight excluding hydrogens is 274 g/mol. The van der Waals surface area contributed by atoms with Crippen LogP contribution in [0.1, 0.15) is 40.5 Å². The van der Waals surface area contributed by atoms with Gasteiger partial charge in [0.2, 0.25) is 0 Å². The van der Waals surface area contributed by atoms with Crippen molar-refractivity contribution in [2.24, 2.45) is 10.7 Å².